The van der Waals surface area contributed by atoms with Crippen LogP contribution < -0.4 is 10.0 Å². The molecule has 1 amide bonds. The highest BCUT2D eigenvalue weighted by atomic mass is 32.2. The number of amidine groups is 1. The van der Waals surface area contributed by atoms with Gasteiger partial charge >= 0.3 is 0 Å². The van der Waals surface area contributed by atoms with Gasteiger partial charge in [-0.1, -0.05) is 35.9 Å². The number of aryl methyl sites for hydroxylation is 2. The van der Waals surface area contributed by atoms with Gasteiger partial charge in [0.1, 0.15) is 6.26 Å². The summed E-state index contributed by atoms with van der Waals surface area (Å²) in [4.78, 5) is 22.4. The summed E-state index contributed by atoms with van der Waals surface area (Å²) in [6, 6.07) is 14.1. The van der Waals surface area contributed by atoms with Crippen LogP contribution in [0.5, 0.6) is 0 Å². The number of benzene rings is 2. The predicted molar refractivity (Wildman–Crippen MR) is 110 cm³/mol. The Morgan fingerprint density at radius 3 is 2.86 bits per heavy atom. The van der Waals surface area contributed by atoms with Crippen LogP contribution in [0.1, 0.15) is 28.5 Å². The van der Waals surface area contributed by atoms with Crippen molar-refractivity contribution in [3.05, 3.63) is 77.5 Å². The van der Waals surface area contributed by atoms with Gasteiger partial charge in [-0.15, -0.1) is 0 Å². The minimum atomic E-state index is -0.261. The summed E-state index contributed by atoms with van der Waals surface area (Å²) in [5.41, 5.74) is 4.13. The number of rotatable bonds is 5. The molecule has 0 saturated heterocycles. The lowest BCUT2D eigenvalue weighted by Gasteiger charge is -2.19. The number of hydrogen-bond donors (Lipinski definition) is 2. The summed E-state index contributed by atoms with van der Waals surface area (Å²) in [5, 5.41) is 2.96. The van der Waals surface area contributed by atoms with Crippen LogP contribution in [0.3, 0.4) is 0 Å². The third-order valence-electron chi connectivity index (χ3n) is 4.48. The highest BCUT2D eigenvalue weighted by molar-refractivity contribution is 7.98. The Morgan fingerprint density at radius 1 is 1.21 bits per heavy atom. The quantitative estimate of drug-likeness (QED) is 0.644. The van der Waals surface area contributed by atoms with E-state index in [4.69, 9.17) is 4.42 Å². The number of nitrogens with one attached hydrogen (secondary N) is 2. The van der Waals surface area contributed by atoms with Crippen LogP contribution in [0.25, 0.3) is 0 Å². The molecule has 28 heavy (non-hydrogen) atoms. The summed E-state index contributed by atoms with van der Waals surface area (Å²) >= 11 is 1.40. The summed E-state index contributed by atoms with van der Waals surface area (Å²) in [7, 11) is 0. The maximum Gasteiger partial charge on any atom is 0.287 e. The first kappa shape index (κ1) is 18.3. The third kappa shape index (κ3) is 3.94. The van der Waals surface area contributed by atoms with E-state index in [1.54, 1.807) is 12.5 Å². The van der Waals surface area contributed by atoms with Crippen LogP contribution in [-0.4, -0.2) is 23.3 Å². The Kier molecular flexibility index (Phi) is 5.16. The Morgan fingerprint density at radius 2 is 2.07 bits per heavy atom. The molecule has 3 aromatic rings. The molecule has 2 aromatic carbocycles. The van der Waals surface area contributed by atoms with Crippen molar-refractivity contribution in [2.75, 3.05) is 6.54 Å². The van der Waals surface area contributed by atoms with E-state index in [0.717, 1.165) is 27.3 Å². The minimum Gasteiger partial charge on any atom is -0.448 e. The number of nitrogens with zero attached hydrogens (tertiary/aromatic N) is 2. The van der Waals surface area contributed by atoms with Crippen LogP contribution in [-0.2, 0) is 4.79 Å². The average molecular weight is 392 g/mol. The zero-order valence-electron chi connectivity index (χ0n) is 15.6. The maximum absolute atomic E-state index is 12.7. The fraction of sp³-hybridized carbons (Fsp3) is 0.190. The SMILES string of the molecule is Cc1cccc(C(CNC(=O)C2=Nc3ccc(C)cc3SN2)c2ncco2)c1. The number of oxazole rings is 1. The van der Waals surface area contributed by atoms with E-state index in [2.05, 4.69) is 26.1 Å². The lowest BCUT2D eigenvalue weighted by atomic mass is 9.97. The first-order chi connectivity index (χ1) is 13.6. The molecule has 1 atom stereocenters. The number of aliphatic imine (C=N–C) groups is 1. The molecular formula is C21H20N4O2S. The van der Waals surface area contributed by atoms with Crippen molar-refractivity contribution < 1.29 is 9.21 Å². The van der Waals surface area contributed by atoms with E-state index in [1.807, 2.05) is 50.2 Å². The topological polar surface area (TPSA) is 79.5 Å². The second kappa shape index (κ2) is 7.90. The number of hydrogen-bond acceptors (Lipinski definition) is 6. The van der Waals surface area contributed by atoms with Gasteiger partial charge in [-0.3, -0.25) is 4.79 Å². The van der Waals surface area contributed by atoms with Crippen molar-refractivity contribution in [1.29, 1.82) is 0 Å². The molecule has 0 aliphatic carbocycles. The number of aromatic nitrogens is 1. The molecule has 2 N–H and O–H groups in total. The first-order valence-electron chi connectivity index (χ1n) is 8.96. The zero-order valence-corrected chi connectivity index (χ0v) is 16.4. The van der Waals surface area contributed by atoms with E-state index in [-0.39, 0.29) is 17.7 Å². The van der Waals surface area contributed by atoms with Gasteiger partial charge in [0.05, 0.1) is 22.7 Å². The second-order valence-corrected chi connectivity index (χ2v) is 7.53. The number of amides is 1. The molecule has 1 aliphatic heterocycles. The molecular weight excluding hydrogens is 372 g/mol. The Balaban J connectivity index is 1.51. The van der Waals surface area contributed by atoms with Crippen molar-refractivity contribution in [2.24, 2.45) is 4.99 Å². The van der Waals surface area contributed by atoms with Crippen LogP contribution >= 0.6 is 11.9 Å². The maximum atomic E-state index is 12.7. The Bertz CT molecular complexity index is 1030. The fourth-order valence-corrected chi connectivity index (χ4v) is 3.87. The smallest absolute Gasteiger partial charge is 0.287 e. The molecule has 2 heterocycles. The first-order valence-corrected chi connectivity index (χ1v) is 9.78. The standard InChI is InChI=1S/C21H20N4O2S/c1-13-4-3-5-15(10-13)16(21-22-8-9-27-21)12-23-20(26)19-24-17-7-6-14(2)11-18(17)28-25-19/h3-11,16H,12H2,1-2H3,(H,23,26)(H,24,25). The van der Waals surface area contributed by atoms with E-state index in [9.17, 15) is 4.79 Å². The molecule has 0 saturated carbocycles. The highest BCUT2D eigenvalue weighted by Gasteiger charge is 2.23. The average Bonchev–Trinajstić information content (AvgIpc) is 3.22. The van der Waals surface area contributed by atoms with Gasteiger partial charge in [0.2, 0.25) is 11.7 Å². The third-order valence-corrected chi connectivity index (χ3v) is 5.32. The monoisotopic (exact) mass is 392 g/mol. The molecule has 0 fully saturated rings. The van der Waals surface area contributed by atoms with Gasteiger partial charge in [0, 0.05) is 6.54 Å². The van der Waals surface area contributed by atoms with Crippen LogP contribution in [0.15, 0.2) is 69.2 Å². The summed E-state index contributed by atoms with van der Waals surface area (Å²) in [6.45, 7) is 4.42. The second-order valence-electron chi connectivity index (χ2n) is 6.68. The van der Waals surface area contributed by atoms with Crippen molar-refractivity contribution in [3.8, 4) is 0 Å². The van der Waals surface area contributed by atoms with E-state index < -0.39 is 0 Å². The molecule has 0 bridgehead atoms. The summed E-state index contributed by atoms with van der Waals surface area (Å²) in [6.07, 6.45) is 3.16. The summed E-state index contributed by atoms with van der Waals surface area (Å²) in [5.74, 6) is 0.421. The van der Waals surface area contributed by atoms with Gasteiger partial charge in [0.15, 0.2) is 0 Å². The van der Waals surface area contributed by atoms with E-state index in [0.29, 0.717) is 12.4 Å². The number of fused-ring (bicyclic) bond motifs is 1. The molecule has 142 valence electrons. The minimum absolute atomic E-state index is 0.175. The van der Waals surface area contributed by atoms with Crippen molar-refractivity contribution in [1.82, 2.24) is 15.0 Å². The van der Waals surface area contributed by atoms with Crippen LogP contribution in [0, 0.1) is 13.8 Å². The molecule has 0 spiro atoms. The lowest BCUT2D eigenvalue weighted by Crippen LogP contribution is -2.40. The van der Waals surface area contributed by atoms with E-state index in [1.165, 1.54) is 11.9 Å². The fourth-order valence-electron chi connectivity index (χ4n) is 3.06. The highest BCUT2D eigenvalue weighted by Crippen LogP contribution is 2.32. The van der Waals surface area contributed by atoms with Crippen LogP contribution in [0.4, 0.5) is 5.69 Å². The number of carbonyl (C=O) groups is 1. The molecule has 1 unspecified atom stereocenters. The molecule has 1 aromatic heterocycles. The molecule has 6 nitrogen and oxygen atoms in total. The number of carbonyl (C=O) groups excluding carboxylic acids is 1. The Hall–Kier alpha value is -3.06. The van der Waals surface area contributed by atoms with Gasteiger partial charge < -0.3 is 14.5 Å². The molecule has 1 aliphatic rings. The lowest BCUT2D eigenvalue weighted by molar-refractivity contribution is -0.115. The molecule has 7 heteroatoms. The summed E-state index contributed by atoms with van der Waals surface area (Å²) < 4.78 is 8.54. The van der Waals surface area contributed by atoms with Crippen molar-refractivity contribution in [2.45, 2.75) is 24.7 Å². The van der Waals surface area contributed by atoms with Gasteiger partial charge in [0.25, 0.3) is 5.91 Å². The van der Waals surface area contributed by atoms with E-state index >= 15 is 0 Å². The van der Waals surface area contributed by atoms with Crippen LogP contribution in [0.2, 0.25) is 0 Å². The van der Waals surface area contributed by atoms with Gasteiger partial charge in [-0.05, 0) is 49.1 Å². The predicted octanol–water partition coefficient (Wildman–Crippen LogP) is 3.88. The van der Waals surface area contributed by atoms with Gasteiger partial charge in [-0.25, -0.2) is 9.98 Å². The van der Waals surface area contributed by atoms with Gasteiger partial charge in [-0.2, -0.15) is 0 Å². The normalized spacial score (nSPS) is 13.9. The largest absolute Gasteiger partial charge is 0.448 e. The Labute approximate surface area is 167 Å². The zero-order chi connectivity index (χ0) is 19.5. The molecule has 4 rings (SSSR count). The molecule has 0 radical (unpaired) electrons. The van der Waals surface area contributed by atoms with Crippen molar-refractivity contribution >= 4 is 29.4 Å². The van der Waals surface area contributed by atoms with Crippen molar-refractivity contribution in [3.63, 3.8) is 0 Å².